The predicted octanol–water partition coefficient (Wildman–Crippen LogP) is -0.144. The van der Waals surface area contributed by atoms with Crippen LogP contribution in [0.3, 0.4) is 0 Å². The molecule has 1 rings (SSSR count). The fourth-order valence-corrected chi connectivity index (χ4v) is 1.44. The monoisotopic (exact) mass is 227 g/mol. The molecule has 2 N–H and O–H groups in total. The molecular weight excluding hydrogens is 210 g/mol. The highest BCUT2D eigenvalue weighted by atomic mass is 32.2. The van der Waals surface area contributed by atoms with Crippen molar-refractivity contribution in [1.29, 1.82) is 0 Å². The minimum absolute atomic E-state index is 0.0793. The third-order valence-corrected chi connectivity index (χ3v) is 2.32. The van der Waals surface area contributed by atoms with E-state index in [1.54, 1.807) is 0 Å². The zero-order chi connectivity index (χ0) is 11.2. The van der Waals surface area contributed by atoms with Crippen LogP contribution in [0.4, 0.5) is 0 Å². The molecule has 1 saturated heterocycles. The highest BCUT2D eigenvalue weighted by Gasteiger charge is 2.26. The van der Waals surface area contributed by atoms with Crippen molar-refractivity contribution in [3.63, 3.8) is 0 Å². The first-order chi connectivity index (χ1) is 6.41. The van der Waals surface area contributed by atoms with E-state index in [0.717, 1.165) is 4.31 Å². The van der Waals surface area contributed by atoms with Crippen molar-refractivity contribution in [3.05, 3.63) is 0 Å². The summed E-state index contributed by atoms with van der Waals surface area (Å²) in [7, 11) is -4.17. The van der Waals surface area contributed by atoms with Gasteiger partial charge in [0.25, 0.3) is 0 Å². The second-order valence-corrected chi connectivity index (χ2v) is 4.28. The lowest BCUT2D eigenvalue weighted by Gasteiger charge is -2.26. The molecule has 0 saturated carbocycles. The Labute approximate surface area is 84.4 Å². The Kier molecular flexibility index (Phi) is 6.21. The SMILES string of the molecule is CCC.O=S(=O)(O)N1CCOC(O)C1. The first-order valence-corrected chi connectivity index (χ1v) is 5.83. The molecule has 0 aromatic rings. The van der Waals surface area contributed by atoms with E-state index < -0.39 is 16.6 Å². The van der Waals surface area contributed by atoms with Gasteiger partial charge in [0.05, 0.1) is 13.2 Å². The van der Waals surface area contributed by atoms with Gasteiger partial charge in [0.15, 0.2) is 6.29 Å². The lowest BCUT2D eigenvalue weighted by atomic mass is 10.5. The topological polar surface area (TPSA) is 87.1 Å². The van der Waals surface area contributed by atoms with Crippen molar-refractivity contribution in [2.24, 2.45) is 0 Å². The van der Waals surface area contributed by atoms with Gasteiger partial charge in [-0.2, -0.15) is 12.7 Å². The molecule has 7 heteroatoms. The molecule has 1 fully saturated rings. The Hall–Kier alpha value is -0.210. The number of ether oxygens (including phenoxy) is 1. The van der Waals surface area contributed by atoms with Gasteiger partial charge in [-0.05, 0) is 0 Å². The van der Waals surface area contributed by atoms with E-state index in [2.05, 4.69) is 18.6 Å². The van der Waals surface area contributed by atoms with Gasteiger partial charge in [0, 0.05) is 6.54 Å². The summed E-state index contributed by atoms with van der Waals surface area (Å²) in [6.07, 6.45) is 0.116. The summed E-state index contributed by atoms with van der Waals surface area (Å²) in [6, 6.07) is 0. The van der Waals surface area contributed by atoms with Crippen LogP contribution in [0.5, 0.6) is 0 Å². The number of hydrogen-bond donors (Lipinski definition) is 2. The van der Waals surface area contributed by atoms with Gasteiger partial charge in [0.1, 0.15) is 0 Å². The molecule has 0 aromatic heterocycles. The zero-order valence-electron chi connectivity index (χ0n) is 8.38. The van der Waals surface area contributed by atoms with Crippen molar-refractivity contribution in [2.75, 3.05) is 19.7 Å². The molecule has 0 aliphatic carbocycles. The Morgan fingerprint density at radius 3 is 2.29 bits per heavy atom. The van der Waals surface area contributed by atoms with Gasteiger partial charge in [-0.1, -0.05) is 20.3 Å². The zero-order valence-corrected chi connectivity index (χ0v) is 9.20. The fraction of sp³-hybridized carbons (Fsp3) is 1.00. The Morgan fingerprint density at radius 2 is 2.00 bits per heavy atom. The average Bonchev–Trinajstić information content (AvgIpc) is 2.04. The van der Waals surface area contributed by atoms with E-state index in [9.17, 15) is 8.42 Å². The molecule has 14 heavy (non-hydrogen) atoms. The van der Waals surface area contributed by atoms with Crippen molar-refractivity contribution < 1.29 is 22.8 Å². The van der Waals surface area contributed by atoms with Crippen LogP contribution in [-0.4, -0.2) is 48.4 Å². The molecule has 0 spiro atoms. The lowest BCUT2D eigenvalue weighted by molar-refractivity contribution is -0.131. The smallest absolute Gasteiger partial charge is 0.336 e. The van der Waals surface area contributed by atoms with Crippen LogP contribution in [0.1, 0.15) is 20.3 Å². The van der Waals surface area contributed by atoms with Gasteiger partial charge in [-0.25, -0.2) is 0 Å². The van der Waals surface area contributed by atoms with Gasteiger partial charge >= 0.3 is 10.3 Å². The maximum absolute atomic E-state index is 10.4. The summed E-state index contributed by atoms with van der Waals surface area (Å²) < 4.78 is 34.8. The lowest BCUT2D eigenvalue weighted by Crippen LogP contribution is -2.45. The van der Waals surface area contributed by atoms with Gasteiger partial charge in [0.2, 0.25) is 0 Å². The number of rotatable bonds is 1. The van der Waals surface area contributed by atoms with Crippen molar-refractivity contribution >= 4 is 10.3 Å². The highest BCUT2D eigenvalue weighted by Crippen LogP contribution is 2.05. The Balaban J connectivity index is 0.000000500. The molecule has 1 atom stereocenters. The number of aliphatic hydroxyl groups is 1. The summed E-state index contributed by atoms with van der Waals surface area (Å²) in [6.45, 7) is 4.22. The number of aliphatic hydroxyl groups excluding tert-OH is 1. The number of β-amino-alcohol motifs (C(OH)–C–C–N with tert-alkyl or cyclic N) is 1. The summed E-state index contributed by atoms with van der Waals surface area (Å²) in [5.41, 5.74) is 0. The first-order valence-electron chi connectivity index (χ1n) is 4.44. The second-order valence-electron chi connectivity index (χ2n) is 2.87. The largest absolute Gasteiger partial charge is 0.367 e. The predicted molar refractivity (Wildman–Crippen MR) is 51.0 cm³/mol. The Morgan fingerprint density at radius 1 is 1.50 bits per heavy atom. The van der Waals surface area contributed by atoms with E-state index in [0.29, 0.717) is 0 Å². The van der Waals surface area contributed by atoms with Crippen molar-refractivity contribution in [3.8, 4) is 0 Å². The maximum Gasteiger partial charge on any atom is 0.336 e. The van der Waals surface area contributed by atoms with Crippen LogP contribution >= 0.6 is 0 Å². The number of hydrogen-bond acceptors (Lipinski definition) is 4. The molecule has 1 unspecified atom stereocenters. The summed E-state index contributed by atoms with van der Waals surface area (Å²) in [5, 5.41) is 8.80. The minimum Gasteiger partial charge on any atom is -0.367 e. The van der Waals surface area contributed by atoms with Crippen LogP contribution < -0.4 is 0 Å². The van der Waals surface area contributed by atoms with Gasteiger partial charge in [-0.3, -0.25) is 4.55 Å². The van der Waals surface area contributed by atoms with Crippen molar-refractivity contribution in [2.45, 2.75) is 26.6 Å². The minimum atomic E-state index is -4.17. The maximum atomic E-state index is 10.4. The Bertz CT molecular complexity index is 240. The third-order valence-electron chi connectivity index (χ3n) is 1.34. The molecule has 0 radical (unpaired) electrons. The quantitative estimate of drug-likeness (QED) is 0.609. The number of nitrogens with zero attached hydrogens (tertiary/aromatic N) is 1. The summed E-state index contributed by atoms with van der Waals surface area (Å²) in [4.78, 5) is 0. The summed E-state index contributed by atoms with van der Waals surface area (Å²) >= 11 is 0. The molecule has 0 amide bonds. The summed E-state index contributed by atoms with van der Waals surface area (Å²) in [5.74, 6) is 0. The molecule has 86 valence electrons. The van der Waals surface area contributed by atoms with E-state index >= 15 is 0 Å². The first kappa shape index (κ1) is 13.8. The third kappa shape index (κ3) is 5.51. The standard InChI is InChI=1S/C4H9NO5S.C3H8/c6-4-3-5(1-2-10-4)11(7,8)9;1-3-2/h4,6H,1-3H2,(H,7,8,9);3H2,1-2H3. The average molecular weight is 227 g/mol. The van der Waals surface area contributed by atoms with Crippen LogP contribution in [-0.2, 0) is 15.0 Å². The van der Waals surface area contributed by atoms with Crippen LogP contribution in [0.25, 0.3) is 0 Å². The van der Waals surface area contributed by atoms with E-state index in [1.807, 2.05) is 0 Å². The van der Waals surface area contributed by atoms with E-state index in [4.69, 9.17) is 9.66 Å². The molecular formula is C7H17NO5S. The fourth-order valence-electron chi connectivity index (χ4n) is 0.818. The molecule has 0 bridgehead atoms. The van der Waals surface area contributed by atoms with E-state index in [-0.39, 0.29) is 19.7 Å². The highest BCUT2D eigenvalue weighted by molar-refractivity contribution is 7.83. The van der Waals surface area contributed by atoms with Gasteiger partial charge < -0.3 is 9.84 Å². The second kappa shape index (κ2) is 6.31. The molecule has 1 aliphatic heterocycles. The van der Waals surface area contributed by atoms with Crippen LogP contribution in [0.15, 0.2) is 0 Å². The normalized spacial score (nSPS) is 23.9. The van der Waals surface area contributed by atoms with Crippen LogP contribution in [0, 0.1) is 0 Å². The number of morpholine rings is 1. The molecule has 1 aliphatic rings. The van der Waals surface area contributed by atoms with Gasteiger partial charge in [-0.15, -0.1) is 0 Å². The van der Waals surface area contributed by atoms with Crippen LogP contribution in [0.2, 0.25) is 0 Å². The molecule has 6 nitrogen and oxygen atoms in total. The molecule has 0 aromatic carbocycles. The van der Waals surface area contributed by atoms with E-state index in [1.165, 1.54) is 6.42 Å². The van der Waals surface area contributed by atoms with Crippen molar-refractivity contribution in [1.82, 2.24) is 4.31 Å². The molecule has 1 heterocycles.